The minimum Gasteiger partial charge on any atom is -0.382 e. The van der Waals surface area contributed by atoms with E-state index in [1.807, 2.05) is 13.0 Å². The Balaban J connectivity index is 2.85. The van der Waals surface area contributed by atoms with Crippen LogP contribution in [-0.2, 0) is 6.42 Å². The van der Waals surface area contributed by atoms with Crippen LogP contribution in [0.2, 0.25) is 5.02 Å². The van der Waals surface area contributed by atoms with Crippen LogP contribution in [-0.4, -0.2) is 4.98 Å². The number of aromatic nitrogens is 1. The van der Waals surface area contributed by atoms with Gasteiger partial charge in [0, 0.05) is 17.0 Å². The molecule has 4 heteroatoms. The Morgan fingerprint density at radius 2 is 2.20 bits per heavy atom. The number of nitrogens with zero attached hydrogens (tertiary/aromatic N) is 1. The average Bonchev–Trinajstić information content (AvgIpc) is 2.23. The van der Waals surface area contributed by atoms with Gasteiger partial charge in [-0.15, -0.1) is 0 Å². The van der Waals surface area contributed by atoms with Gasteiger partial charge in [0.05, 0.1) is 5.02 Å². The predicted octanol–water partition coefficient (Wildman–Crippen LogP) is 3.17. The van der Waals surface area contributed by atoms with Crippen LogP contribution in [0.4, 0.5) is 10.2 Å². The van der Waals surface area contributed by atoms with E-state index < -0.39 is 0 Å². The molecular formula is C11H10ClFN2. The monoisotopic (exact) mass is 224 g/mol. The number of pyridine rings is 1. The molecule has 0 atom stereocenters. The van der Waals surface area contributed by atoms with Crippen LogP contribution < -0.4 is 5.73 Å². The van der Waals surface area contributed by atoms with E-state index in [4.69, 9.17) is 17.3 Å². The van der Waals surface area contributed by atoms with Gasteiger partial charge in [-0.2, -0.15) is 0 Å². The molecule has 2 nitrogen and oxygen atoms in total. The summed E-state index contributed by atoms with van der Waals surface area (Å²) in [6, 6.07) is 3.35. The van der Waals surface area contributed by atoms with Gasteiger partial charge in [0.15, 0.2) is 0 Å². The first kappa shape index (κ1) is 10.2. The first-order valence-electron chi connectivity index (χ1n) is 4.65. The summed E-state index contributed by atoms with van der Waals surface area (Å²) in [4.78, 5) is 3.90. The molecule has 1 aromatic carbocycles. The lowest BCUT2D eigenvalue weighted by Crippen LogP contribution is -1.94. The van der Waals surface area contributed by atoms with Crippen molar-refractivity contribution in [2.75, 3.05) is 5.73 Å². The third-order valence-corrected chi connectivity index (χ3v) is 2.76. The molecule has 0 aliphatic heterocycles. The minimum atomic E-state index is -0.344. The fraction of sp³-hybridized carbons (Fsp3) is 0.182. The van der Waals surface area contributed by atoms with Crippen LogP contribution in [0.25, 0.3) is 10.8 Å². The van der Waals surface area contributed by atoms with Crippen LogP contribution >= 0.6 is 11.6 Å². The van der Waals surface area contributed by atoms with Gasteiger partial charge in [-0.1, -0.05) is 18.5 Å². The molecule has 2 aromatic rings. The van der Waals surface area contributed by atoms with E-state index in [-0.39, 0.29) is 16.7 Å². The standard InChI is InChI=1S/C11H10ClFN2/c1-2-6-3-7-5-15-11(14)10(12)9(7)8(13)4-6/h3-5H,2H2,1H3,(H2,14,15). The van der Waals surface area contributed by atoms with Crippen LogP contribution in [0.1, 0.15) is 12.5 Å². The summed E-state index contributed by atoms with van der Waals surface area (Å²) in [6.45, 7) is 1.97. The summed E-state index contributed by atoms with van der Waals surface area (Å²) >= 11 is 5.90. The molecule has 0 fully saturated rings. The highest BCUT2D eigenvalue weighted by Gasteiger charge is 2.10. The zero-order valence-corrected chi connectivity index (χ0v) is 8.98. The molecule has 0 aliphatic rings. The molecule has 0 spiro atoms. The van der Waals surface area contributed by atoms with Gasteiger partial charge < -0.3 is 5.73 Å². The molecule has 0 bridgehead atoms. The first-order chi connectivity index (χ1) is 7.13. The van der Waals surface area contributed by atoms with Crippen molar-refractivity contribution in [3.63, 3.8) is 0 Å². The largest absolute Gasteiger partial charge is 0.382 e. The highest BCUT2D eigenvalue weighted by atomic mass is 35.5. The van der Waals surface area contributed by atoms with Crippen molar-refractivity contribution in [1.29, 1.82) is 0 Å². The maximum Gasteiger partial charge on any atom is 0.142 e. The van der Waals surface area contributed by atoms with E-state index in [1.54, 1.807) is 6.20 Å². The molecule has 0 saturated heterocycles. The Kier molecular flexibility index (Phi) is 2.49. The van der Waals surface area contributed by atoms with E-state index in [0.717, 1.165) is 12.0 Å². The molecule has 0 saturated carbocycles. The fourth-order valence-corrected chi connectivity index (χ4v) is 1.80. The number of hydrogen-bond donors (Lipinski definition) is 1. The molecule has 0 radical (unpaired) electrons. The Labute approximate surface area is 91.9 Å². The quantitative estimate of drug-likeness (QED) is 0.808. The summed E-state index contributed by atoms with van der Waals surface area (Å²) in [5, 5.41) is 1.22. The zero-order chi connectivity index (χ0) is 11.0. The Hall–Kier alpha value is -1.35. The Morgan fingerprint density at radius 1 is 1.47 bits per heavy atom. The summed E-state index contributed by atoms with van der Waals surface area (Å²) in [7, 11) is 0. The smallest absolute Gasteiger partial charge is 0.142 e. The van der Waals surface area contributed by atoms with Gasteiger partial charge in [0.2, 0.25) is 0 Å². The lowest BCUT2D eigenvalue weighted by Gasteiger charge is -2.06. The highest BCUT2D eigenvalue weighted by molar-refractivity contribution is 6.37. The summed E-state index contributed by atoms with van der Waals surface area (Å²) in [5.41, 5.74) is 6.43. The van der Waals surface area contributed by atoms with Crippen LogP contribution in [0.3, 0.4) is 0 Å². The van der Waals surface area contributed by atoms with Gasteiger partial charge in [-0.05, 0) is 24.1 Å². The Morgan fingerprint density at radius 3 is 2.87 bits per heavy atom. The highest BCUT2D eigenvalue weighted by Crippen LogP contribution is 2.30. The van der Waals surface area contributed by atoms with Crippen molar-refractivity contribution in [2.45, 2.75) is 13.3 Å². The second-order valence-corrected chi connectivity index (χ2v) is 3.73. The number of aryl methyl sites for hydroxylation is 1. The molecule has 1 heterocycles. The van der Waals surface area contributed by atoms with E-state index in [2.05, 4.69) is 4.98 Å². The maximum absolute atomic E-state index is 13.7. The summed E-state index contributed by atoms with van der Waals surface area (Å²) in [5.74, 6) is -0.184. The van der Waals surface area contributed by atoms with E-state index in [9.17, 15) is 4.39 Å². The number of anilines is 1. The second kappa shape index (κ2) is 3.66. The van der Waals surface area contributed by atoms with Crippen molar-refractivity contribution >= 4 is 28.2 Å². The topological polar surface area (TPSA) is 38.9 Å². The summed E-state index contributed by atoms with van der Waals surface area (Å²) < 4.78 is 13.7. The molecule has 2 N–H and O–H groups in total. The van der Waals surface area contributed by atoms with Crippen LogP contribution in [0.15, 0.2) is 18.3 Å². The van der Waals surface area contributed by atoms with Crippen molar-refractivity contribution in [1.82, 2.24) is 4.98 Å². The van der Waals surface area contributed by atoms with Gasteiger partial charge in [-0.3, -0.25) is 0 Å². The van der Waals surface area contributed by atoms with Crippen molar-refractivity contribution in [3.8, 4) is 0 Å². The predicted molar refractivity (Wildman–Crippen MR) is 60.5 cm³/mol. The van der Waals surface area contributed by atoms with Crippen molar-refractivity contribution in [2.24, 2.45) is 0 Å². The molecule has 2 rings (SSSR count). The lowest BCUT2D eigenvalue weighted by molar-refractivity contribution is 0.638. The minimum absolute atomic E-state index is 0.160. The number of rotatable bonds is 1. The summed E-state index contributed by atoms with van der Waals surface area (Å²) in [6.07, 6.45) is 2.31. The van der Waals surface area contributed by atoms with Gasteiger partial charge in [0.25, 0.3) is 0 Å². The van der Waals surface area contributed by atoms with Gasteiger partial charge in [0.1, 0.15) is 11.6 Å². The first-order valence-corrected chi connectivity index (χ1v) is 5.03. The number of fused-ring (bicyclic) bond motifs is 1. The van der Waals surface area contributed by atoms with Gasteiger partial charge in [-0.25, -0.2) is 9.37 Å². The zero-order valence-electron chi connectivity index (χ0n) is 8.22. The number of hydrogen-bond acceptors (Lipinski definition) is 2. The van der Waals surface area contributed by atoms with E-state index >= 15 is 0 Å². The molecular weight excluding hydrogens is 215 g/mol. The number of halogens is 2. The van der Waals surface area contributed by atoms with Crippen molar-refractivity contribution in [3.05, 3.63) is 34.7 Å². The molecule has 0 aliphatic carbocycles. The Bertz CT molecular complexity index is 525. The molecule has 78 valence electrons. The lowest BCUT2D eigenvalue weighted by atomic mass is 10.1. The third kappa shape index (κ3) is 1.63. The number of nitrogen functional groups attached to an aromatic ring is 1. The molecule has 0 unspecified atom stereocenters. The number of nitrogens with two attached hydrogens (primary N) is 1. The molecule has 15 heavy (non-hydrogen) atoms. The number of benzene rings is 1. The molecule has 1 aromatic heterocycles. The van der Waals surface area contributed by atoms with Crippen molar-refractivity contribution < 1.29 is 4.39 Å². The van der Waals surface area contributed by atoms with E-state index in [1.165, 1.54) is 6.07 Å². The normalized spacial score (nSPS) is 10.9. The van der Waals surface area contributed by atoms with E-state index in [0.29, 0.717) is 10.8 Å². The second-order valence-electron chi connectivity index (χ2n) is 3.35. The van der Waals surface area contributed by atoms with Gasteiger partial charge >= 0.3 is 0 Å². The van der Waals surface area contributed by atoms with Crippen LogP contribution in [0, 0.1) is 5.82 Å². The maximum atomic E-state index is 13.7. The fourth-order valence-electron chi connectivity index (χ4n) is 1.55. The third-order valence-electron chi connectivity index (χ3n) is 2.38. The average molecular weight is 225 g/mol. The van der Waals surface area contributed by atoms with Crippen LogP contribution in [0.5, 0.6) is 0 Å². The SMILES string of the molecule is CCc1cc(F)c2c(Cl)c(N)ncc2c1. The molecule has 0 amide bonds.